The van der Waals surface area contributed by atoms with Crippen molar-refractivity contribution in [3.05, 3.63) is 57.1 Å². The number of ether oxygens (including phenoxy) is 1. The first-order valence-electron chi connectivity index (χ1n) is 6.38. The summed E-state index contributed by atoms with van der Waals surface area (Å²) in [5.74, 6) is 1.43. The predicted molar refractivity (Wildman–Crippen MR) is 85.1 cm³/mol. The molecule has 20 heavy (non-hydrogen) atoms. The molecule has 0 bridgehead atoms. The molecule has 2 nitrogen and oxygen atoms in total. The Morgan fingerprint density at radius 3 is 2.10 bits per heavy atom. The molecule has 0 saturated carbocycles. The van der Waals surface area contributed by atoms with Gasteiger partial charge in [-0.2, -0.15) is 0 Å². The van der Waals surface area contributed by atoms with Crippen molar-refractivity contribution in [1.82, 2.24) is 0 Å². The van der Waals surface area contributed by atoms with Gasteiger partial charge in [-0.25, -0.2) is 0 Å². The van der Waals surface area contributed by atoms with Crippen molar-refractivity contribution in [3.8, 4) is 11.5 Å². The Kier molecular flexibility index (Phi) is 4.59. The van der Waals surface area contributed by atoms with Crippen molar-refractivity contribution < 1.29 is 4.74 Å². The summed E-state index contributed by atoms with van der Waals surface area (Å²) in [6, 6.07) is 9.24. The summed E-state index contributed by atoms with van der Waals surface area (Å²) in [4.78, 5) is 0. The summed E-state index contributed by atoms with van der Waals surface area (Å²) in [7, 11) is 0. The van der Waals surface area contributed by atoms with Gasteiger partial charge in [-0.05, 0) is 61.7 Å². The third-order valence-corrected chi connectivity index (χ3v) is 4.03. The molecule has 0 saturated heterocycles. The van der Waals surface area contributed by atoms with Gasteiger partial charge in [0.15, 0.2) is 0 Å². The molecule has 0 aliphatic rings. The van der Waals surface area contributed by atoms with Crippen molar-refractivity contribution in [2.45, 2.75) is 26.8 Å². The molecule has 1 atom stereocenters. The lowest BCUT2D eigenvalue weighted by atomic mass is 10.1. The molecule has 0 fully saturated rings. The maximum absolute atomic E-state index is 6.20. The summed E-state index contributed by atoms with van der Waals surface area (Å²) in [6.07, 6.45) is 0. The smallest absolute Gasteiger partial charge is 0.128 e. The second-order valence-electron chi connectivity index (χ2n) is 4.95. The Hall–Kier alpha value is -1.22. The molecule has 0 amide bonds. The van der Waals surface area contributed by atoms with Crippen LogP contribution >= 0.6 is 23.2 Å². The van der Waals surface area contributed by atoms with Crippen LogP contribution in [0.2, 0.25) is 10.0 Å². The van der Waals surface area contributed by atoms with Gasteiger partial charge in [0.05, 0.1) is 0 Å². The van der Waals surface area contributed by atoms with E-state index in [0.29, 0.717) is 10.8 Å². The van der Waals surface area contributed by atoms with E-state index in [0.717, 1.165) is 27.5 Å². The molecular weight excluding hydrogens is 293 g/mol. The first-order valence-corrected chi connectivity index (χ1v) is 7.13. The Bertz CT molecular complexity index is 615. The van der Waals surface area contributed by atoms with Crippen LogP contribution in [-0.4, -0.2) is 0 Å². The zero-order chi connectivity index (χ0) is 14.9. The monoisotopic (exact) mass is 309 g/mol. The molecule has 2 rings (SSSR count). The SMILES string of the molecule is Cc1cc(Oc2ccc(C(C)N)c(Cl)c2)cc(C)c1Cl. The van der Waals surface area contributed by atoms with Crippen LogP contribution in [0.3, 0.4) is 0 Å². The summed E-state index contributed by atoms with van der Waals surface area (Å²) < 4.78 is 5.83. The van der Waals surface area contributed by atoms with E-state index in [4.69, 9.17) is 33.7 Å². The second kappa shape index (κ2) is 6.04. The number of aryl methyl sites for hydroxylation is 2. The van der Waals surface area contributed by atoms with Crippen LogP contribution in [0.5, 0.6) is 11.5 Å². The molecule has 0 aliphatic carbocycles. The van der Waals surface area contributed by atoms with Gasteiger partial charge >= 0.3 is 0 Å². The summed E-state index contributed by atoms with van der Waals surface area (Å²) in [6.45, 7) is 5.80. The highest BCUT2D eigenvalue weighted by molar-refractivity contribution is 6.32. The summed E-state index contributed by atoms with van der Waals surface area (Å²) in [5.41, 5.74) is 8.71. The Labute approximate surface area is 129 Å². The zero-order valence-electron chi connectivity index (χ0n) is 11.7. The van der Waals surface area contributed by atoms with Gasteiger partial charge in [0.1, 0.15) is 11.5 Å². The van der Waals surface area contributed by atoms with Crippen LogP contribution in [0.25, 0.3) is 0 Å². The van der Waals surface area contributed by atoms with E-state index in [9.17, 15) is 0 Å². The molecule has 0 spiro atoms. The van der Waals surface area contributed by atoms with Crippen molar-refractivity contribution >= 4 is 23.2 Å². The fraction of sp³-hybridized carbons (Fsp3) is 0.250. The average Bonchev–Trinajstić information content (AvgIpc) is 2.35. The molecule has 106 valence electrons. The summed E-state index contributed by atoms with van der Waals surface area (Å²) >= 11 is 12.3. The molecule has 0 radical (unpaired) electrons. The third-order valence-electron chi connectivity index (χ3n) is 3.11. The molecule has 0 aromatic heterocycles. The van der Waals surface area contributed by atoms with E-state index in [1.54, 1.807) is 6.07 Å². The quantitative estimate of drug-likeness (QED) is 0.821. The van der Waals surface area contributed by atoms with Crippen LogP contribution < -0.4 is 10.5 Å². The first-order chi connectivity index (χ1) is 9.38. The molecule has 2 N–H and O–H groups in total. The van der Waals surface area contributed by atoms with E-state index in [2.05, 4.69) is 0 Å². The Balaban J connectivity index is 2.29. The van der Waals surface area contributed by atoms with Crippen molar-refractivity contribution in [2.75, 3.05) is 0 Å². The first kappa shape index (κ1) is 15.2. The van der Waals surface area contributed by atoms with Crippen molar-refractivity contribution in [1.29, 1.82) is 0 Å². The number of rotatable bonds is 3. The van der Waals surface area contributed by atoms with E-state index in [1.165, 1.54) is 0 Å². The molecule has 0 aliphatic heterocycles. The van der Waals surface area contributed by atoms with Gasteiger partial charge in [-0.15, -0.1) is 0 Å². The lowest BCUT2D eigenvalue weighted by Gasteiger charge is -2.12. The minimum absolute atomic E-state index is 0.100. The third kappa shape index (κ3) is 3.26. The van der Waals surface area contributed by atoms with E-state index >= 15 is 0 Å². The molecule has 2 aromatic carbocycles. The standard InChI is InChI=1S/C16H17Cl2NO/c1-9-6-13(7-10(2)16(9)18)20-12-4-5-14(11(3)19)15(17)8-12/h4-8,11H,19H2,1-3H3. The fourth-order valence-corrected chi connectivity index (χ4v) is 2.49. The normalized spacial score (nSPS) is 12.3. The zero-order valence-corrected chi connectivity index (χ0v) is 13.2. The lowest BCUT2D eigenvalue weighted by Crippen LogP contribution is -2.05. The molecule has 4 heteroatoms. The number of hydrogen-bond acceptors (Lipinski definition) is 2. The van der Waals surface area contributed by atoms with Crippen molar-refractivity contribution in [2.24, 2.45) is 5.73 Å². The maximum Gasteiger partial charge on any atom is 0.128 e. The molecule has 2 aromatic rings. The largest absolute Gasteiger partial charge is 0.457 e. The maximum atomic E-state index is 6.20. The fourth-order valence-electron chi connectivity index (χ4n) is 2.04. The molecular formula is C16H17Cl2NO. The topological polar surface area (TPSA) is 35.2 Å². The minimum atomic E-state index is -0.100. The van der Waals surface area contributed by atoms with Gasteiger partial charge in [0, 0.05) is 16.1 Å². The number of nitrogens with two attached hydrogens (primary N) is 1. The predicted octanol–water partition coefficient (Wildman–Crippen LogP) is 5.42. The van der Waals surface area contributed by atoms with Crippen molar-refractivity contribution in [3.63, 3.8) is 0 Å². The molecule has 1 unspecified atom stereocenters. The molecule has 0 heterocycles. The van der Waals surface area contributed by atoms with Gasteiger partial charge in [-0.1, -0.05) is 29.3 Å². The van der Waals surface area contributed by atoms with E-state index in [-0.39, 0.29) is 6.04 Å². The van der Waals surface area contributed by atoms with Crippen LogP contribution in [0.1, 0.15) is 29.7 Å². The Morgan fingerprint density at radius 2 is 1.60 bits per heavy atom. The van der Waals surface area contributed by atoms with Crippen LogP contribution in [0.15, 0.2) is 30.3 Å². The van der Waals surface area contributed by atoms with Crippen LogP contribution in [0.4, 0.5) is 0 Å². The van der Waals surface area contributed by atoms with Gasteiger partial charge in [-0.3, -0.25) is 0 Å². The highest BCUT2D eigenvalue weighted by atomic mass is 35.5. The van der Waals surface area contributed by atoms with Gasteiger partial charge in [0.25, 0.3) is 0 Å². The summed E-state index contributed by atoms with van der Waals surface area (Å²) in [5, 5.41) is 1.38. The lowest BCUT2D eigenvalue weighted by molar-refractivity contribution is 0.481. The van der Waals surface area contributed by atoms with E-state index < -0.39 is 0 Å². The Morgan fingerprint density at radius 1 is 1.00 bits per heavy atom. The highest BCUT2D eigenvalue weighted by Crippen LogP contribution is 2.32. The van der Waals surface area contributed by atoms with Gasteiger partial charge in [0.2, 0.25) is 0 Å². The highest BCUT2D eigenvalue weighted by Gasteiger charge is 2.08. The second-order valence-corrected chi connectivity index (χ2v) is 5.73. The number of hydrogen-bond donors (Lipinski definition) is 1. The number of halogens is 2. The van der Waals surface area contributed by atoms with Crippen LogP contribution in [-0.2, 0) is 0 Å². The minimum Gasteiger partial charge on any atom is -0.457 e. The van der Waals surface area contributed by atoms with Gasteiger partial charge < -0.3 is 10.5 Å². The van der Waals surface area contributed by atoms with E-state index in [1.807, 2.05) is 45.0 Å². The average molecular weight is 310 g/mol. The van der Waals surface area contributed by atoms with Crippen LogP contribution in [0, 0.1) is 13.8 Å². The number of benzene rings is 2.